The van der Waals surface area contributed by atoms with Crippen LogP contribution in [-0.2, 0) is 10.3 Å². The van der Waals surface area contributed by atoms with Crippen molar-refractivity contribution in [2.45, 2.75) is 0 Å². The van der Waals surface area contributed by atoms with E-state index in [-0.39, 0.29) is 31.0 Å². The fraction of sp³-hybridized carbons (Fsp3) is 0. The smallest absolute Gasteiger partial charge is 1.00 e. The summed E-state index contributed by atoms with van der Waals surface area (Å²) in [5.74, 6) is 0. The SMILES string of the molecule is O=C(O)NS(=O)(=O)O.[H-].[Na+]. The first-order valence-electron chi connectivity index (χ1n) is 1.40. The summed E-state index contributed by atoms with van der Waals surface area (Å²) in [5.41, 5.74) is 0. The largest absolute Gasteiger partial charge is 1.00 e. The summed E-state index contributed by atoms with van der Waals surface area (Å²) >= 11 is 0. The molecular weight excluding hydrogens is 161 g/mol. The van der Waals surface area contributed by atoms with Gasteiger partial charge < -0.3 is 6.53 Å². The van der Waals surface area contributed by atoms with Gasteiger partial charge in [-0.3, -0.25) is 4.55 Å². The molecule has 0 rings (SSSR count). The topological polar surface area (TPSA) is 104 Å². The second kappa shape index (κ2) is 4.07. The van der Waals surface area contributed by atoms with Gasteiger partial charge in [-0.2, -0.15) is 13.1 Å². The zero-order chi connectivity index (χ0) is 6.78. The predicted octanol–water partition coefficient (Wildman–Crippen LogP) is -3.83. The normalized spacial score (nSPS) is 9.44. The third-order valence-corrected chi connectivity index (χ3v) is 0.649. The molecule has 50 valence electrons. The maximum Gasteiger partial charge on any atom is 1.00 e. The van der Waals surface area contributed by atoms with Crippen molar-refractivity contribution < 1.29 is 53.9 Å². The number of hydrogen-bond donors (Lipinski definition) is 3. The molecule has 0 aliphatic carbocycles. The Morgan fingerprint density at radius 1 is 1.56 bits per heavy atom. The van der Waals surface area contributed by atoms with Gasteiger partial charge in [-0.05, 0) is 0 Å². The fourth-order valence-electron chi connectivity index (χ4n) is 0.110. The number of carboxylic acid groups (broad SMARTS) is 1. The third kappa shape index (κ3) is 11.6. The van der Waals surface area contributed by atoms with E-state index in [1.54, 1.807) is 0 Å². The quantitative estimate of drug-likeness (QED) is 0.273. The molecule has 0 saturated heterocycles. The maximum absolute atomic E-state index is 9.51. The van der Waals surface area contributed by atoms with Crippen LogP contribution in [0.25, 0.3) is 0 Å². The molecule has 0 saturated carbocycles. The van der Waals surface area contributed by atoms with E-state index in [4.69, 9.17) is 9.66 Å². The van der Waals surface area contributed by atoms with Crippen LogP contribution in [0.2, 0.25) is 0 Å². The molecule has 9 heavy (non-hydrogen) atoms. The van der Waals surface area contributed by atoms with Crippen molar-refractivity contribution in [3.8, 4) is 0 Å². The van der Waals surface area contributed by atoms with Crippen LogP contribution in [-0.4, -0.2) is 24.2 Å². The van der Waals surface area contributed by atoms with Crippen LogP contribution in [0, 0.1) is 0 Å². The van der Waals surface area contributed by atoms with Crippen molar-refractivity contribution in [2.24, 2.45) is 0 Å². The first-order valence-corrected chi connectivity index (χ1v) is 2.84. The second-order valence-corrected chi connectivity index (χ2v) is 2.04. The van der Waals surface area contributed by atoms with E-state index in [0.717, 1.165) is 4.72 Å². The van der Waals surface area contributed by atoms with Crippen molar-refractivity contribution in [3.05, 3.63) is 0 Å². The van der Waals surface area contributed by atoms with Gasteiger partial charge in [-0.25, -0.2) is 4.79 Å². The van der Waals surface area contributed by atoms with Crippen LogP contribution >= 0.6 is 0 Å². The molecule has 6 nitrogen and oxygen atoms in total. The van der Waals surface area contributed by atoms with Crippen LogP contribution in [0.5, 0.6) is 0 Å². The van der Waals surface area contributed by atoms with Gasteiger partial charge in [0.1, 0.15) is 0 Å². The Bertz CT molecular complexity index is 188. The summed E-state index contributed by atoms with van der Waals surface area (Å²) in [6.45, 7) is 0. The number of amides is 1. The van der Waals surface area contributed by atoms with Crippen LogP contribution in [0.1, 0.15) is 1.43 Å². The standard InChI is InChI=1S/CH3NO5S.Na.H/c3-1(4)2-8(5,6)7;;/h2H,(H,3,4)(H,5,6,7);;/q;+1;-1. The van der Waals surface area contributed by atoms with E-state index in [1.807, 2.05) is 0 Å². The molecule has 0 unspecified atom stereocenters. The van der Waals surface area contributed by atoms with Crippen molar-refractivity contribution >= 4 is 16.4 Å². The second-order valence-electron chi connectivity index (χ2n) is 0.882. The zero-order valence-corrected chi connectivity index (χ0v) is 7.34. The molecule has 0 aromatic rings. The van der Waals surface area contributed by atoms with Crippen molar-refractivity contribution in [1.29, 1.82) is 0 Å². The van der Waals surface area contributed by atoms with E-state index in [1.165, 1.54) is 0 Å². The van der Waals surface area contributed by atoms with Crippen molar-refractivity contribution in [1.82, 2.24) is 4.72 Å². The van der Waals surface area contributed by atoms with Gasteiger partial charge in [-0.15, -0.1) is 0 Å². The van der Waals surface area contributed by atoms with Crippen LogP contribution in [0.3, 0.4) is 0 Å². The van der Waals surface area contributed by atoms with E-state index in [0.29, 0.717) is 0 Å². The van der Waals surface area contributed by atoms with E-state index in [2.05, 4.69) is 0 Å². The molecular formula is CH4NNaO5S. The van der Waals surface area contributed by atoms with Gasteiger partial charge in [0.05, 0.1) is 0 Å². The van der Waals surface area contributed by atoms with Gasteiger partial charge in [0.25, 0.3) is 0 Å². The van der Waals surface area contributed by atoms with E-state index in [9.17, 15) is 13.2 Å². The Kier molecular flexibility index (Phi) is 5.39. The van der Waals surface area contributed by atoms with E-state index >= 15 is 0 Å². The number of rotatable bonds is 1. The van der Waals surface area contributed by atoms with Gasteiger partial charge in [0.15, 0.2) is 0 Å². The molecule has 0 atom stereocenters. The Labute approximate surface area is 74.9 Å². The molecule has 8 heteroatoms. The first kappa shape index (κ1) is 11.9. The molecule has 0 spiro atoms. The zero-order valence-electron chi connectivity index (χ0n) is 5.53. The van der Waals surface area contributed by atoms with Crippen molar-refractivity contribution in [3.63, 3.8) is 0 Å². The molecule has 0 aliphatic heterocycles. The van der Waals surface area contributed by atoms with Crippen LogP contribution < -0.4 is 34.3 Å². The van der Waals surface area contributed by atoms with Gasteiger partial charge in [-0.1, -0.05) is 0 Å². The van der Waals surface area contributed by atoms with Gasteiger partial charge in [0.2, 0.25) is 0 Å². The number of nitrogens with one attached hydrogen (secondary N) is 1. The fourth-order valence-corrected chi connectivity index (χ4v) is 0.331. The number of carbonyl (C=O) groups is 1. The van der Waals surface area contributed by atoms with Gasteiger partial charge in [0, 0.05) is 0 Å². The summed E-state index contributed by atoms with van der Waals surface area (Å²) < 4.78 is 27.5. The summed E-state index contributed by atoms with van der Waals surface area (Å²) in [4.78, 5) is 9.36. The molecule has 1 amide bonds. The third-order valence-electron chi connectivity index (χ3n) is 0.216. The molecule has 0 radical (unpaired) electrons. The molecule has 0 heterocycles. The predicted molar refractivity (Wildman–Crippen MR) is 23.8 cm³/mol. The summed E-state index contributed by atoms with van der Waals surface area (Å²) in [6.07, 6.45) is -1.81. The van der Waals surface area contributed by atoms with Crippen molar-refractivity contribution in [2.75, 3.05) is 0 Å². The Hall–Kier alpha value is 0.180. The molecule has 0 fully saturated rings. The summed E-state index contributed by atoms with van der Waals surface area (Å²) in [6, 6.07) is 0. The Balaban J connectivity index is -0.000000245. The molecule has 0 aromatic heterocycles. The summed E-state index contributed by atoms with van der Waals surface area (Å²) in [5, 5.41) is 7.60. The minimum Gasteiger partial charge on any atom is -1.00 e. The molecule has 3 N–H and O–H groups in total. The molecule has 0 aliphatic rings. The Morgan fingerprint density at radius 2 is 1.89 bits per heavy atom. The van der Waals surface area contributed by atoms with Gasteiger partial charge >= 0.3 is 46.0 Å². The number of hydrogen-bond acceptors (Lipinski definition) is 3. The van der Waals surface area contributed by atoms with Crippen LogP contribution in [0.4, 0.5) is 4.79 Å². The molecule has 0 bridgehead atoms. The monoisotopic (exact) mass is 165 g/mol. The summed E-state index contributed by atoms with van der Waals surface area (Å²) in [7, 11) is -4.57. The first-order chi connectivity index (χ1) is 3.42. The maximum atomic E-state index is 9.51. The average Bonchev–Trinajstić information content (AvgIpc) is 1.21. The molecule has 0 aromatic carbocycles. The van der Waals surface area contributed by atoms with Crippen LogP contribution in [0.15, 0.2) is 0 Å². The van der Waals surface area contributed by atoms with E-state index < -0.39 is 16.4 Å². The minimum absolute atomic E-state index is 0. The minimum atomic E-state index is -4.57. The average molecular weight is 165 g/mol. The Morgan fingerprint density at radius 3 is 1.89 bits per heavy atom.